The molecule has 1 aromatic carbocycles. The number of hydrogen-bond donors (Lipinski definition) is 2. The first-order valence-corrected chi connectivity index (χ1v) is 9.65. The molecular formula is C20H24N2O5S. The zero-order chi connectivity index (χ0) is 20.9. The van der Waals surface area contributed by atoms with Gasteiger partial charge in [0.25, 0.3) is 0 Å². The number of benzene rings is 1. The molecule has 1 heterocycles. The van der Waals surface area contributed by atoms with Gasteiger partial charge in [-0.3, -0.25) is 5.32 Å². The Balaban J connectivity index is 2.10. The maximum Gasteiger partial charge on any atom is 0.341 e. The summed E-state index contributed by atoms with van der Waals surface area (Å²) < 4.78 is 10.4. The van der Waals surface area contributed by atoms with Crippen LogP contribution < -0.4 is 10.6 Å². The quantitative estimate of drug-likeness (QED) is 0.696. The number of nitrogens with one attached hydrogen (secondary N) is 2. The standard InChI is InChI=1S/C20H24N2O5S/c1-6-26-18(24)15-12(2)11-28-16(15)22-19(25)21-14-9-7-8-13(10-14)17(23)27-20(3,4)5/h7-11H,6H2,1-5H3,(H2,21,22,25). The second-order valence-corrected chi connectivity index (χ2v) is 7.88. The molecule has 0 aliphatic carbocycles. The Bertz CT molecular complexity index is 883. The molecule has 0 spiro atoms. The molecule has 0 saturated carbocycles. The lowest BCUT2D eigenvalue weighted by molar-refractivity contribution is 0.00692. The molecule has 28 heavy (non-hydrogen) atoms. The molecule has 7 nitrogen and oxygen atoms in total. The van der Waals surface area contributed by atoms with Crippen LogP contribution in [0.15, 0.2) is 29.6 Å². The summed E-state index contributed by atoms with van der Waals surface area (Å²) >= 11 is 1.24. The lowest BCUT2D eigenvalue weighted by Crippen LogP contribution is -2.24. The van der Waals surface area contributed by atoms with Gasteiger partial charge in [0.2, 0.25) is 0 Å². The minimum atomic E-state index is -0.613. The summed E-state index contributed by atoms with van der Waals surface area (Å²) in [5, 5.41) is 7.48. The Morgan fingerprint density at radius 2 is 1.82 bits per heavy atom. The number of carbonyl (C=O) groups excluding carboxylic acids is 3. The summed E-state index contributed by atoms with van der Waals surface area (Å²) in [4.78, 5) is 36.6. The molecule has 0 aliphatic rings. The molecule has 8 heteroatoms. The van der Waals surface area contributed by atoms with Gasteiger partial charge in [-0.1, -0.05) is 6.07 Å². The van der Waals surface area contributed by atoms with Crippen LogP contribution in [0, 0.1) is 6.92 Å². The van der Waals surface area contributed by atoms with Gasteiger partial charge in [0.05, 0.1) is 17.7 Å². The van der Waals surface area contributed by atoms with Gasteiger partial charge >= 0.3 is 18.0 Å². The van der Waals surface area contributed by atoms with E-state index >= 15 is 0 Å². The van der Waals surface area contributed by atoms with Gasteiger partial charge in [-0.05, 0) is 63.8 Å². The number of ether oxygens (including phenoxy) is 2. The number of amides is 2. The van der Waals surface area contributed by atoms with E-state index in [2.05, 4.69) is 10.6 Å². The number of rotatable bonds is 5. The lowest BCUT2D eigenvalue weighted by Gasteiger charge is -2.19. The predicted molar refractivity (Wildman–Crippen MR) is 109 cm³/mol. The van der Waals surface area contributed by atoms with Crippen LogP contribution in [0.2, 0.25) is 0 Å². The van der Waals surface area contributed by atoms with Gasteiger partial charge in [-0.2, -0.15) is 0 Å². The Kier molecular flexibility index (Phi) is 6.80. The van der Waals surface area contributed by atoms with Crippen molar-refractivity contribution in [3.05, 3.63) is 46.3 Å². The van der Waals surface area contributed by atoms with Crippen LogP contribution in [-0.2, 0) is 9.47 Å². The highest BCUT2D eigenvalue weighted by atomic mass is 32.1. The molecule has 0 saturated heterocycles. The highest BCUT2D eigenvalue weighted by molar-refractivity contribution is 7.15. The minimum absolute atomic E-state index is 0.247. The van der Waals surface area contributed by atoms with E-state index in [1.54, 1.807) is 58.2 Å². The van der Waals surface area contributed by atoms with Gasteiger partial charge in [-0.25, -0.2) is 14.4 Å². The molecule has 0 aliphatic heterocycles. The minimum Gasteiger partial charge on any atom is -0.462 e. The maximum absolute atomic E-state index is 12.3. The van der Waals surface area contributed by atoms with E-state index in [0.717, 1.165) is 5.56 Å². The monoisotopic (exact) mass is 404 g/mol. The van der Waals surface area contributed by atoms with Gasteiger partial charge in [-0.15, -0.1) is 11.3 Å². The molecule has 0 atom stereocenters. The topological polar surface area (TPSA) is 93.7 Å². The van der Waals surface area contributed by atoms with E-state index in [-0.39, 0.29) is 6.61 Å². The zero-order valence-corrected chi connectivity index (χ0v) is 17.4. The van der Waals surface area contributed by atoms with Crippen molar-refractivity contribution < 1.29 is 23.9 Å². The molecule has 2 aromatic rings. The van der Waals surface area contributed by atoms with Gasteiger partial charge in [0, 0.05) is 5.69 Å². The first kappa shape index (κ1) is 21.4. The van der Waals surface area contributed by atoms with Crippen LogP contribution in [0.1, 0.15) is 54.0 Å². The number of hydrogen-bond acceptors (Lipinski definition) is 6. The van der Waals surface area contributed by atoms with Crippen LogP contribution in [-0.4, -0.2) is 30.2 Å². The van der Waals surface area contributed by atoms with Crippen molar-refractivity contribution in [1.29, 1.82) is 0 Å². The average molecular weight is 404 g/mol. The Morgan fingerprint density at radius 3 is 2.46 bits per heavy atom. The van der Waals surface area contributed by atoms with Crippen molar-refractivity contribution in [3.8, 4) is 0 Å². The fourth-order valence-corrected chi connectivity index (χ4v) is 3.25. The summed E-state index contributed by atoms with van der Waals surface area (Å²) in [7, 11) is 0. The van der Waals surface area contributed by atoms with Crippen molar-refractivity contribution >= 4 is 40.0 Å². The van der Waals surface area contributed by atoms with Crippen LogP contribution >= 0.6 is 11.3 Å². The van der Waals surface area contributed by atoms with E-state index in [1.165, 1.54) is 17.4 Å². The number of thiophene rings is 1. The average Bonchev–Trinajstić information content (AvgIpc) is 2.94. The second-order valence-electron chi connectivity index (χ2n) is 7.01. The van der Waals surface area contributed by atoms with E-state index < -0.39 is 23.6 Å². The van der Waals surface area contributed by atoms with Crippen molar-refractivity contribution in [2.45, 2.75) is 40.2 Å². The molecule has 0 unspecified atom stereocenters. The smallest absolute Gasteiger partial charge is 0.341 e. The van der Waals surface area contributed by atoms with E-state index in [1.807, 2.05) is 0 Å². The fraction of sp³-hybridized carbons (Fsp3) is 0.350. The third kappa shape index (κ3) is 5.82. The summed E-state index contributed by atoms with van der Waals surface area (Å²) in [5.41, 5.74) is 1.20. The normalized spacial score (nSPS) is 10.9. The summed E-state index contributed by atoms with van der Waals surface area (Å²) in [6, 6.07) is 5.90. The lowest BCUT2D eigenvalue weighted by atomic mass is 10.1. The number of aryl methyl sites for hydroxylation is 1. The third-order valence-electron chi connectivity index (χ3n) is 3.44. The van der Waals surface area contributed by atoms with Crippen molar-refractivity contribution in [2.75, 3.05) is 17.2 Å². The number of esters is 2. The summed E-state index contributed by atoms with van der Waals surface area (Å²) in [6.07, 6.45) is 0. The van der Waals surface area contributed by atoms with E-state index in [0.29, 0.717) is 21.8 Å². The van der Waals surface area contributed by atoms with Crippen LogP contribution in [0.3, 0.4) is 0 Å². The fourth-order valence-electron chi connectivity index (χ4n) is 2.32. The Hall–Kier alpha value is -2.87. The largest absolute Gasteiger partial charge is 0.462 e. The van der Waals surface area contributed by atoms with Gasteiger partial charge in [0.1, 0.15) is 10.6 Å². The first-order valence-electron chi connectivity index (χ1n) is 8.77. The number of carbonyl (C=O) groups is 3. The number of anilines is 2. The molecule has 0 fully saturated rings. The molecule has 2 amide bonds. The Morgan fingerprint density at radius 1 is 1.11 bits per heavy atom. The molecule has 0 radical (unpaired) electrons. The first-order chi connectivity index (χ1) is 13.1. The molecule has 150 valence electrons. The van der Waals surface area contributed by atoms with Crippen molar-refractivity contribution in [3.63, 3.8) is 0 Å². The van der Waals surface area contributed by atoms with Gasteiger partial charge < -0.3 is 14.8 Å². The highest BCUT2D eigenvalue weighted by Crippen LogP contribution is 2.28. The van der Waals surface area contributed by atoms with Crippen molar-refractivity contribution in [1.82, 2.24) is 0 Å². The second kappa shape index (κ2) is 8.88. The van der Waals surface area contributed by atoms with Crippen LogP contribution in [0.5, 0.6) is 0 Å². The highest BCUT2D eigenvalue weighted by Gasteiger charge is 2.20. The van der Waals surface area contributed by atoms with E-state index in [9.17, 15) is 14.4 Å². The Labute approximate surface area is 168 Å². The molecule has 1 aromatic heterocycles. The maximum atomic E-state index is 12.3. The predicted octanol–water partition coefficient (Wildman–Crippen LogP) is 4.83. The third-order valence-corrected chi connectivity index (χ3v) is 4.45. The zero-order valence-electron chi connectivity index (χ0n) is 16.5. The van der Waals surface area contributed by atoms with Crippen molar-refractivity contribution in [2.24, 2.45) is 0 Å². The number of urea groups is 1. The molecule has 0 bridgehead atoms. The van der Waals surface area contributed by atoms with Crippen LogP contribution in [0.4, 0.5) is 15.5 Å². The summed E-state index contributed by atoms with van der Waals surface area (Å²) in [6.45, 7) is 9.09. The van der Waals surface area contributed by atoms with Gasteiger partial charge in [0.15, 0.2) is 0 Å². The molecule has 2 N–H and O–H groups in total. The molecular weight excluding hydrogens is 380 g/mol. The summed E-state index contributed by atoms with van der Waals surface area (Å²) in [5.74, 6) is -0.960. The molecule has 2 rings (SSSR count). The van der Waals surface area contributed by atoms with Crippen LogP contribution in [0.25, 0.3) is 0 Å². The van der Waals surface area contributed by atoms with E-state index in [4.69, 9.17) is 9.47 Å². The SMILES string of the molecule is CCOC(=O)c1c(C)csc1NC(=O)Nc1cccc(C(=O)OC(C)(C)C)c1.